The quantitative estimate of drug-likeness (QED) is 0.540. The summed E-state index contributed by atoms with van der Waals surface area (Å²) in [6.07, 6.45) is 0. The van der Waals surface area contributed by atoms with Crippen LogP contribution in [0.25, 0.3) is 16.7 Å². The predicted octanol–water partition coefficient (Wildman–Crippen LogP) is 5.77. The average Bonchev–Trinajstić information content (AvgIpc) is 2.80. The minimum atomic E-state index is -0.365. The second-order valence-corrected chi connectivity index (χ2v) is 6.15. The van der Waals surface area contributed by atoms with Crippen LogP contribution in [0.5, 0.6) is 0 Å². The lowest BCUT2D eigenvalue weighted by atomic mass is 10.2. The molecule has 0 bridgehead atoms. The van der Waals surface area contributed by atoms with Crippen LogP contribution in [0, 0.1) is 5.82 Å². The Hall–Kier alpha value is -1.29. The molecule has 3 rings (SSSR count). The van der Waals surface area contributed by atoms with Crippen LogP contribution in [-0.4, -0.2) is 9.55 Å². The molecule has 0 radical (unpaired) electrons. The number of fused-ring (bicyclic) bond motifs is 1. The molecule has 1 aromatic heterocycles. The fourth-order valence-corrected chi connectivity index (χ4v) is 2.76. The van der Waals surface area contributed by atoms with E-state index < -0.39 is 0 Å². The molecule has 108 valence electrons. The van der Waals surface area contributed by atoms with Gasteiger partial charge in [-0.1, -0.05) is 23.2 Å². The largest absolute Gasteiger partial charge is 0.293 e. The van der Waals surface area contributed by atoms with Gasteiger partial charge >= 0.3 is 0 Å². The predicted molar refractivity (Wildman–Crippen MR) is 85.3 cm³/mol. The Balaban J connectivity index is 2.41. The van der Waals surface area contributed by atoms with E-state index in [4.69, 9.17) is 34.8 Å². The first kappa shape index (κ1) is 14.6. The first-order chi connectivity index (χ1) is 9.97. The molecular weight excluding hydrogens is 334 g/mol. The van der Waals surface area contributed by atoms with Gasteiger partial charge in [-0.05, 0) is 37.3 Å². The molecule has 2 nitrogen and oxygen atoms in total. The standard InChI is InChI=1S/C15H10Cl3FN2/c1-8(16)15-20-12-5-3-10(19)7-14(12)21(15)13-6-9(17)2-4-11(13)18/h2-8H,1H3. The van der Waals surface area contributed by atoms with E-state index in [1.54, 1.807) is 35.8 Å². The lowest BCUT2D eigenvalue weighted by Crippen LogP contribution is -2.02. The van der Waals surface area contributed by atoms with E-state index in [9.17, 15) is 4.39 Å². The number of imidazole rings is 1. The Morgan fingerprint density at radius 2 is 1.90 bits per heavy atom. The van der Waals surface area contributed by atoms with Crippen molar-refractivity contribution in [2.45, 2.75) is 12.3 Å². The second-order valence-electron chi connectivity index (χ2n) is 4.65. The Morgan fingerprint density at radius 3 is 2.62 bits per heavy atom. The first-order valence-corrected chi connectivity index (χ1v) is 7.44. The third-order valence-electron chi connectivity index (χ3n) is 3.15. The van der Waals surface area contributed by atoms with E-state index >= 15 is 0 Å². The normalized spacial score (nSPS) is 12.8. The summed E-state index contributed by atoms with van der Waals surface area (Å²) in [5.41, 5.74) is 1.87. The number of hydrogen-bond donors (Lipinski definition) is 0. The molecule has 0 saturated heterocycles. The molecule has 6 heteroatoms. The topological polar surface area (TPSA) is 17.8 Å². The van der Waals surface area contributed by atoms with Crippen LogP contribution in [0.3, 0.4) is 0 Å². The van der Waals surface area contributed by atoms with Gasteiger partial charge in [0, 0.05) is 11.1 Å². The maximum absolute atomic E-state index is 13.6. The van der Waals surface area contributed by atoms with E-state index in [0.717, 1.165) is 0 Å². The summed E-state index contributed by atoms with van der Waals surface area (Å²) in [6, 6.07) is 9.47. The molecule has 0 fully saturated rings. The van der Waals surface area contributed by atoms with Gasteiger partial charge in [0.25, 0.3) is 0 Å². The van der Waals surface area contributed by atoms with Crippen LogP contribution in [0.1, 0.15) is 18.1 Å². The second kappa shape index (κ2) is 5.48. The zero-order chi connectivity index (χ0) is 15.1. The average molecular weight is 344 g/mol. The molecule has 3 aromatic rings. The van der Waals surface area contributed by atoms with Crippen molar-refractivity contribution in [3.8, 4) is 5.69 Å². The molecule has 21 heavy (non-hydrogen) atoms. The van der Waals surface area contributed by atoms with Crippen LogP contribution in [0.15, 0.2) is 36.4 Å². The summed E-state index contributed by atoms with van der Waals surface area (Å²) in [6.45, 7) is 1.80. The zero-order valence-electron chi connectivity index (χ0n) is 10.9. The Kier molecular flexibility index (Phi) is 3.82. The van der Waals surface area contributed by atoms with E-state index in [0.29, 0.717) is 32.6 Å². The van der Waals surface area contributed by atoms with Crippen LogP contribution in [-0.2, 0) is 0 Å². The van der Waals surface area contributed by atoms with Crippen LogP contribution >= 0.6 is 34.8 Å². The van der Waals surface area contributed by atoms with E-state index in [2.05, 4.69) is 4.98 Å². The van der Waals surface area contributed by atoms with Crippen molar-refractivity contribution in [2.24, 2.45) is 0 Å². The zero-order valence-corrected chi connectivity index (χ0v) is 13.2. The van der Waals surface area contributed by atoms with Crippen LogP contribution < -0.4 is 0 Å². The minimum absolute atomic E-state index is 0.351. The molecule has 0 N–H and O–H groups in total. The van der Waals surface area contributed by atoms with Crippen LogP contribution in [0.4, 0.5) is 4.39 Å². The molecule has 1 heterocycles. The molecule has 2 aromatic carbocycles. The number of alkyl halides is 1. The SMILES string of the molecule is CC(Cl)c1nc2ccc(F)cc2n1-c1cc(Cl)ccc1Cl. The van der Waals surface area contributed by atoms with Crippen molar-refractivity contribution in [2.75, 3.05) is 0 Å². The van der Waals surface area contributed by atoms with Gasteiger partial charge in [-0.15, -0.1) is 11.6 Å². The molecule has 0 amide bonds. The summed E-state index contributed by atoms with van der Waals surface area (Å²) in [5.74, 6) is 0.233. The van der Waals surface area contributed by atoms with Crippen molar-refractivity contribution >= 4 is 45.8 Å². The van der Waals surface area contributed by atoms with Gasteiger partial charge in [0.1, 0.15) is 11.6 Å². The third-order valence-corrected chi connectivity index (χ3v) is 3.90. The monoisotopic (exact) mass is 342 g/mol. The van der Waals surface area contributed by atoms with Gasteiger partial charge in [0.05, 0.1) is 27.1 Å². The van der Waals surface area contributed by atoms with Crippen molar-refractivity contribution in [3.63, 3.8) is 0 Å². The smallest absolute Gasteiger partial charge is 0.132 e. The molecule has 0 saturated carbocycles. The number of rotatable bonds is 2. The van der Waals surface area contributed by atoms with Crippen molar-refractivity contribution in [1.82, 2.24) is 9.55 Å². The summed E-state index contributed by atoms with van der Waals surface area (Å²) in [7, 11) is 0. The third kappa shape index (κ3) is 2.61. The molecule has 0 aliphatic heterocycles. The fourth-order valence-electron chi connectivity index (χ4n) is 2.24. The van der Waals surface area contributed by atoms with Crippen molar-refractivity contribution < 1.29 is 4.39 Å². The van der Waals surface area contributed by atoms with E-state index in [1.807, 2.05) is 0 Å². The van der Waals surface area contributed by atoms with Crippen molar-refractivity contribution in [1.29, 1.82) is 0 Å². The fraction of sp³-hybridized carbons (Fsp3) is 0.133. The highest BCUT2D eigenvalue weighted by molar-refractivity contribution is 6.34. The van der Waals surface area contributed by atoms with Crippen LogP contribution in [0.2, 0.25) is 10.0 Å². The van der Waals surface area contributed by atoms with E-state index in [1.165, 1.54) is 12.1 Å². The number of halogens is 4. The van der Waals surface area contributed by atoms with Gasteiger partial charge in [0.2, 0.25) is 0 Å². The summed E-state index contributed by atoms with van der Waals surface area (Å²) >= 11 is 18.5. The first-order valence-electron chi connectivity index (χ1n) is 6.25. The van der Waals surface area contributed by atoms with Gasteiger partial charge < -0.3 is 0 Å². The summed E-state index contributed by atoms with van der Waals surface area (Å²) < 4.78 is 15.3. The maximum Gasteiger partial charge on any atom is 0.132 e. The highest BCUT2D eigenvalue weighted by atomic mass is 35.5. The molecule has 1 unspecified atom stereocenters. The van der Waals surface area contributed by atoms with Gasteiger partial charge in [-0.25, -0.2) is 9.37 Å². The summed E-state index contributed by atoms with van der Waals surface area (Å²) in [4.78, 5) is 4.46. The van der Waals surface area contributed by atoms with E-state index in [-0.39, 0.29) is 11.2 Å². The number of nitrogens with zero attached hydrogens (tertiary/aromatic N) is 2. The van der Waals surface area contributed by atoms with Gasteiger partial charge in [-0.2, -0.15) is 0 Å². The highest BCUT2D eigenvalue weighted by Gasteiger charge is 2.18. The van der Waals surface area contributed by atoms with Crippen molar-refractivity contribution in [3.05, 3.63) is 58.1 Å². The highest BCUT2D eigenvalue weighted by Crippen LogP contribution is 2.33. The number of aromatic nitrogens is 2. The lowest BCUT2D eigenvalue weighted by Gasteiger charge is -2.12. The Labute approximate surface area is 136 Å². The Bertz CT molecular complexity index is 827. The van der Waals surface area contributed by atoms with Gasteiger partial charge in [0.15, 0.2) is 0 Å². The molecule has 1 atom stereocenters. The number of benzene rings is 2. The minimum Gasteiger partial charge on any atom is -0.293 e. The molecule has 0 spiro atoms. The molecular formula is C15H10Cl3FN2. The Morgan fingerprint density at radius 1 is 1.14 bits per heavy atom. The molecule has 0 aliphatic carbocycles. The molecule has 0 aliphatic rings. The number of hydrogen-bond acceptors (Lipinski definition) is 1. The van der Waals surface area contributed by atoms with Gasteiger partial charge in [-0.3, -0.25) is 4.57 Å². The lowest BCUT2D eigenvalue weighted by molar-refractivity contribution is 0.629. The maximum atomic E-state index is 13.6. The summed E-state index contributed by atoms with van der Waals surface area (Å²) in [5, 5.41) is 0.651.